The van der Waals surface area contributed by atoms with Gasteiger partial charge in [-0.2, -0.15) is 0 Å². The number of carbonyl (C=O) groups excluding carboxylic acids is 2. The first-order chi connectivity index (χ1) is 16.7. The van der Waals surface area contributed by atoms with Gasteiger partial charge in [0.1, 0.15) is 6.61 Å². The molecule has 2 amide bonds. The Hall–Kier alpha value is -3.35. The van der Waals surface area contributed by atoms with Gasteiger partial charge in [-0.3, -0.25) is 9.59 Å². The van der Waals surface area contributed by atoms with Gasteiger partial charge in [-0.15, -0.1) is 0 Å². The smallest absolute Gasteiger partial charge is 0.407 e. The summed E-state index contributed by atoms with van der Waals surface area (Å²) in [4.78, 5) is 39.2. The van der Waals surface area contributed by atoms with E-state index >= 15 is 0 Å². The molecule has 0 aromatic heterocycles. The second-order valence-corrected chi connectivity index (χ2v) is 10.2. The Labute approximate surface area is 206 Å². The number of ether oxygens (including phenoxy) is 1. The molecule has 0 spiro atoms. The normalized spacial score (nSPS) is 20.8. The van der Waals surface area contributed by atoms with Crippen LogP contribution in [0.25, 0.3) is 11.1 Å². The number of alkyl carbamates (subject to hydrolysis) is 1. The highest BCUT2D eigenvalue weighted by atomic mass is 16.5. The van der Waals surface area contributed by atoms with Crippen LogP contribution < -0.4 is 5.32 Å². The van der Waals surface area contributed by atoms with Gasteiger partial charge in [0.2, 0.25) is 5.91 Å². The van der Waals surface area contributed by atoms with Crippen molar-refractivity contribution in [1.82, 2.24) is 10.2 Å². The Morgan fingerprint density at radius 3 is 2.11 bits per heavy atom. The number of benzene rings is 2. The van der Waals surface area contributed by atoms with Crippen molar-refractivity contribution in [2.75, 3.05) is 19.7 Å². The van der Waals surface area contributed by atoms with Crippen LogP contribution in [0.3, 0.4) is 0 Å². The number of amides is 2. The maximum absolute atomic E-state index is 13.1. The molecule has 35 heavy (non-hydrogen) atoms. The van der Waals surface area contributed by atoms with Gasteiger partial charge in [0.15, 0.2) is 0 Å². The third-order valence-electron chi connectivity index (χ3n) is 7.97. The van der Waals surface area contributed by atoms with E-state index in [2.05, 4.69) is 29.6 Å². The first-order valence-electron chi connectivity index (χ1n) is 12.3. The Kier molecular flexibility index (Phi) is 6.88. The van der Waals surface area contributed by atoms with Crippen molar-refractivity contribution in [3.05, 3.63) is 59.7 Å². The molecule has 2 aromatic rings. The van der Waals surface area contributed by atoms with E-state index in [4.69, 9.17) is 4.74 Å². The average molecular weight is 479 g/mol. The summed E-state index contributed by atoms with van der Waals surface area (Å²) >= 11 is 0. The van der Waals surface area contributed by atoms with Crippen LogP contribution in [0.5, 0.6) is 0 Å². The van der Waals surface area contributed by atoms with Crippen molar-refractivity contribution in [1.29, 1.82) is 0 Å². The van der Waals surface area contributed by atoms with E-state index in [1.807, 2.05) is 38.1 Å². The minimum atomic E-state index is -0.918. The van der Waals surface area contributed by atoms with Crippen LogP contribution in [-0.2, 0) is 14.3 Å². The number of nitrogens with zero attached hydrogens (tertiary/aromatic N) is 1. The van der Waals surface area contributed by atoms with Gasteiger partial charge in [0.05, 0.1) is 11.3 Å². The Balaban J connectivity index is 1.34. The van der Waals surface area contributed by atoms with E-state index in [-0.39, 0.29) is 30.9 Å². The lowest BCUT2D eigenvalue weighted by Gasteiger charge is -2.30. The fourth-order valence-corrected chi connectivity index (χ4v) is 5.37. The highest BCUT2D eigenvalue weighted by Crippen LogP contribution is 2.44. The number of aliphatic carboxylic acids is 1. The molecule has 3 unspecified atom stereocenters. The molecule has 7 heteroatoms. The quantitative estimate of drug-likeness (QED) is 0.611. The topological polar surface area (TPSA) is 95.9 Å². The summed E-state index contributed by atoms with van der Waals surface area (Å²) in [6.45, 7) is 8.10. The van der Waals surface area contributed by atoms with Crippen molar-refractivity contribution in [2.45, 2.75) is 46.1 Å². The molecule has 0 radical (unpaired) electrons. The number of nitrogens with one attached hydrogen (secondary N) is 1. The zero-order valence-corrected chi connectivity index (χ0v) is 20.8. The maximum Gasteiger partial charge on any atom is 0.407 e. The van der Waals surface area contributed by atoms with Crippen LogP contribution in [0, 0.1) is 17.3 Å². The predicted octanol–water partition coefficient (Wildman–Crippen LogP) is 4.51. The number of likely N-dealkylation sites (tertiary alicyclic amines) is 1. The van der Waals surface area contributed by atoms with Crippen molar-refractivity contribution in [2.24, 2.45) is 17.3 Å². The second kappa shape index (κ2) is 9.72. The number of fused-ring (bicyclic) bond motifs is 3. The Bertz CT molecular complexity index is 1080. The summed E-state index contributed by atoms with van der Waals surface area (Å²) in [7, 11) is 0. The molecular weight excluding hydrogens is 444 g/mol. The van der Waals surface area contributed by atoms with Gasteiger partial charge in [-0.25, -0.2) is 4.79 Å². The summed E-state index contributed by atoms with van der Waals surface area (Å²) < 4.78 is 5.61. The molecule has 2 N–H and O–H groups in total. The maximum atomic E-state index is 13.1. The van der Waals surface area contributed by atoms with Gasteiger partial charge >= 0.3 is 12.1 Å². The lowest BCUT2D eigenvalue weighted by atomic mass is 9.76. The second-order valence-electron chi connectivity index (χ2n) is 10.2. The van der Waals surface area contributed by atoms with Crippen LogP contribution >= 0.6 is 0 Å². The van der Waals surface area contributed by atoms with Crippen molar-refractivity contribution in [3.8, 4) is 11.1 Å². The summed E-state index contributed by atoms with van der Waals surface area (Å²) in [5.41, 5.74) is 3.68. The lowest BCUT2D eigenvalue weighted by molar-refractivity contribution is -0.151. The average Bonchev–Trinajstić information content (AvgIpc) is 3.43. The Morgan fingerprint density at radius 1 is 1.03 bits per heavy atom. The van der Waals surface area contributed by atoms with E-state index in [9.17, 15) is 19.5 Å². The third kappa shape index (κ3) is 4.51. The van der Waals surface area contributed by atoms with E-state index in [1.165, 1.54) is 0 Å². The van der Waals surface area contributed by atoms with Crippen molar-refractivity contribution in [3.63, 3.8) is 0 Å². The zero-order chi connectivity index (χ0) is 25.3. The number of rotatable bonds is 7. The van der Waals surface area contributed by atoms with E-state index in [1.54, 1.807) is 18.7 Å². The largest absolute Gasteiger partial charge is 0.481 e. The minimum Gasteiger partial charge on any atom is -0.481 e. The molecule has 2 aliphatic rings. The van der Waals surface area contributed by atoms with Gasteiger partial charge in [-0.1, -0.05) is 69.3 Å². The molecule has 3 atom stereocenters. The highest BCUT2D eigenvalue weighted by Gasteiger charge is 2.49. The summed E-state index contributed by atoms with van der Waals surface area (Å²) in [6.07, 6.45) is -0.130. The molecule has 186 valence electrons. The van der Waals surface area contributed by atoms with Crippen molar-refractivity contribution >= 4 is 18.0 Å². The number of carbonyl (C=O) groups is 3. The number of carboxylic acid groups (broad SMARTS) is 1. The predicted molar refractivity (Wildman–Crippen MR) is 133 cm³/mol. The third-order valence-corrected chi connectivity index (χ3v) is 7.97. The SMILES string of the molecule is CC(NC(=O)OCC1c2ccccc2-c2ccccc21)C(C)C(=O)N1CCC(C(=O)O)(C(C)C)C1. The summed E-state index contributed by atoms with van der Waals surface area (Å²) in [5.74, 6) is -1.63. The van der Waals surface area contributed by atoms with Gasteiger partial charge in [0.25, 0.3) is 0 Å². The zero-order valence-electron chi connectivity index (χ0n) is 20.8. The van der Waals surface area contributed by atoms with Crippen LogP contribution in [-0.4, -0.2) is 53.7 Å². The number of hydrogen-bond donors (Lipinski definition) is 2. The van der Waals surface area contributed by atoms with Crippen molar-refractivity contribution < 1.29 is 24.2 Å². The monoisotopic (exact) mass is 478 g/mol. The Morgan fingerprint density at radius 2 is 1.60 bits per heavy atom. The highest BCUT2D eigenvalue weighted by molar-refractivity contribution is 5.83. The first kappa shape index (κ1) is 24.8. The summed E-state index contributed by atoms with van der Waals surface area (Å²) in [6, 6.07) is 15.8. The number of carboxylic acids is 1. The fraction of sp³-hybridized carbons (Fsp3) is 0.464. The van der Waals surface area contributed by atoms with Gasteiger partial charge < -0.3 is 20.1 Å². The molecule has 0 saturated carbocycles. The van der Waals surface area contributed by atoms with Crippen LogP contribution in [0.4, 0.5) is 4.79 Å². The van der Waals surface area contributed by atoms with Crippen LogP contribution in [0.15, 0.2) is 48.5 Å². The van der Waals surface area contributed by atoms with Gasteiger partial charge in [-0.05, 0) is 41.5 Å². The summed E-state index contributed by atoms with van der Waals surface area (Å²) in [5, 5.41) is 12.6. The minimum absolute atomic E-state index is 0.0349. The van der Waals surface area contributed by atoms with Crippen LogP contribution in [0.1, 0.15) is 51.2 Å². The first-order valence-corrected chi connectivity index (χ1v) is 12.3. The molecule has 4 rings (SSSR count). The molecule has 1 saturated heterocycles. The van der Waals surface area contributed by atoms with E-state index < -0.39 is 29.4 Å². The molecule has 1 aliphatic heterocycles. The van der Waals surface area contributed by atoms with E-state index in [0.717, 1.165) is 22.3 Å². The van der Waals surface area contributed by atoms with Gasteiger partial charge in [0, 0.05) is 25.0 Å². The van der Waals surface area contributed by atoms with Crippen LogP contribution in [0.2, 0.25) is 0 Å². The molecule has 1 fully saturated rings. The molecule has 1 heterocycles. The standard InChI is InChI=1S/C28H34N2O5/c1-17(2)28(26(32)33)13-14-30(16-28)25(31)18(3)19(4)29-27(34)35-15-24-22-11-7-5-9-20(22)21-10-6-8-12-23(21)24/h5-12,17-19,24H,13-16H2,1-4H3,(H,29,34)(H,32,33). The van der Waals surface area contributed by atoms with E-state index in [0.29, 0.717) is 13.0 Å². The molecule has 2 aromatic carbocycles. The fourth-order valence-electron chi connectivity index (χ4n) is 5.37. The molecule has 0 bridgehead atoms. The molecular formula is C28H34N2O5. The lowest BCUT2D eigenvalue weighted by Crippen LogP contribution is -2.47. The number of hydrogen-bond acceptors (Lipinski definition) is 4. The molecule has 7 nitrogen and oxygen atoms in total. The molecule has 1 aliphatic carbocycles.